The minimum absolute atomic E-state index is 0.0116. The van der Waals surface area contributed by atoms with Crippen molar-refractivity contribution in [2.75, 3.05) is 40.9 Å². The van der Waals surface area contributed by atoms with E-state index in [1.165, 1.54) is 70.6 Å². The number of rotatable bonds is 49. The van der Waals surface area contributed by atoms with Crippen molar-refractivity contribution < 1.29 is 32.9 Å². The fourth-order valence-electron chi connectivity index (χ4n) is 7.32. The lowest BCUT2D eigenvalue weighted by atomic mass is 10.0. The van der Waals surface area contributed by atoms with E-state index in [-0.39, 0.29) is 12.5 Å². The highest BCUT2D eigenvalue weighted by molar-refractivity contribution is 7.45. The maximum absolute atomic E-state index is 12.9. The molecule has 1 amide bonds. The summed E-state index contributed by atoms with van der Waals surface area (Å²) in [5.74, 6) is -0.222. The van der Waals surface area contributed by atoms with Crippen molar-refractivity contribution in [1.29, 1.82) is 0 Å². The van der Waals surface area contributed by atoms with Crippen LogP contribution in [-0.4, -0.2) is 68.5 Å². The maximum atomic E-state index is 12.9. The Morgan fingerprint density at radius 2 is 0.871 bits per heavy atom. The second-order valence-electron chi connectivity index (χ2n) is 19.6. The van der Waals surface area contributed by atoms with Crippen LogP contribution in [-0.2, 0) is 18.4 Å². The first-order chi connectivity index (χ1) is 34.0. The van der Waals surface area contributed by atoms with Gasteiger partial charge in [0.1, 0.15) is 13.2 Å². The molecule has 0 radical (unpaired) electrons. The third-order valence-corrected chi connectivity index (χ3v) is 12.6. The Balaban J connectivity index is 4.28. The van der Waals surface area contributed by atoms with Crippen molar-refractivity contribution >= 4 is 13.7 Å². The fraction of sp³-hybridized carbons (Fsp3) is 0.656. The van der Waals surface area contributed by atoms with Gasteiger partial charge in [-0.25, -0.2) is 0 Å². The molecule has 400 valence electrons. The lowest BCUT2D eigenvalue weighted by Crippen LogP contribution is -2.45. The molecule has 0 aliphatic heterocycles. The number of aliphatic hydroxyl groups is 1. The van der Waals surface area contributed by atoms with Gasteiger partial charge in [-0.2, -0.15) is 0 Å². The van der Waals surface area contributed by atoms with Crippen molar-refractivity contribution in [3.05, 3.63) is 122 Å². The van der Waals surface area contributed by atoms with Crippen LogP contribution >= 0.6 is 7.82 Å². The zero-order chi connectivity index (χ0) is 51.3. The first kappa shape index (κ1) is 66.9. The van der Waals surface area contributed by atoms with Crippen LogP contribution in [0.15, 0.2) is 122 Å². The predicted molar refractivity (Wildman–Crippen MR) is 302 cm³/mol. The van der Waals surface area contributed by atoms with E-state index >= 15 is 0 Å². The molecule has 0 aliphatic carbocycles. The van der Waals surface area contributed by atoms with Gasteiger partial charge in [0.15, 0.2) is 0 Å². The molecule has 0 spiro atoms. The number of carbonyl (C=O) groups is 1. The Bertz CT molecular complexity index is 1550. The van der Waals surface area contributed by atoms with Crippen LogP contribution in [0.4, 0.5) is 0 Å². The Morgan fingerprint density at radius 1 is 0.514 bits per heavy atom. The van der Waals surface area contributed by atoms with E-state index in [2.05, 4.69) is 129 Å². The quantitative estimate of drug-likeness (QED) is 0.0272. The van der Waals surface area contributed by atoms with Crippen LogP contribution in [0.25, 0.3) is 0 Å². The highest BCUT2D eigenvalue weighted by Crippen LogP contribution is 2.38. The molecular formula is C61H105N2O6P. The summed E-state index contributed by atoms with van der Waals surface area (Å²) in [5.41, 5.74) is 0. The molecule has 0 heterocycles. The summed E-state index contributed by atoms with van der Waals surface area (Å²) < 4.78 is 23.3. The molecule has 70 heavy (non-hydrogen) atoms. The molecule has 9 heteroatoms. The third-order valence-electron chi connectivity index (χ3n) is 11.7. The van der Waals surface area contributed by atoms with Crippen LogP contribution < -0.4 is 10.2 Å². The van der Waals surface area contributed by atoms with Crippen LogP contribution in [0, 0.1) is 0 Å². The highest BCUT2D eigenvalue weighted by Gasteiger charge is 2.23. The summed E-state index contributed by atoms with van der Waals surface area (Å²) in [6, 6.07) is -0.906. The van der Waals surface area contributed by atoms with E-state index in [0.29, 0.717) is 17.4 Å². The Hall–Kier alpha value is -3.10. The van der Waals surface area contributed by atoms with Gasteiger partial charge >= 0.3 is 0 Å². The SMILES string of the molecule is CC/C=C\C/C=C\C/C=C\C/C=C\C/C=C\C/C=C\C/C=C\C/C=C\C/C=C\CCCCCCCC(=O)NC(COP(=O)([O-])OCC[N+](C)(C)C)C(O)/C=C/CCCCCCCCCCCCCCC. The molecule has 0 aromatic rings. The number of nitrogens with zero attached hydrogens (tertiary/aromatic N) is 1. The van der Waals surface area contributed by atoms with Crippen molar-refractivity contribution in [1.82, 2.24) is 5.32 Å². The van der Waals surface area contributed by atoms with Gasteiger partial charge in [-0.15, -0.1) is 0 Å². The average Bonchev–Trinajstić information content (AvgIpc) is 3.32. The van der Waals surface area contributed by atoms with E-state index in [1.54, 1.807) is 6.08 Å². The van der Waals surface area contributed by atoms with E-state index in [0.717, 1.165) is 116 Å². The zero-order valence-electron chi connectivity index (χ0n) is 45.4. The average molecular weight is 993 g/mol. The molecule has 0 fully saturated rings. The first-order valence-corrected chi connectivity index (χ1v) is 29.4. The highest BCUT2D eigenvalue weighted by atomic mass is 31.2. The topological polar surface area (TPSA) is 108 Å². The molecule has 0 rings (SSSR count). The Kier molecular flexibility index (Phi) is 48.6. The summed E-state index contributed by atoms with van der Waals surface area (Å²) in [6.07, 6.45) is 75.5. The molecule has 3 unspecified atom stereocenters. The summed E-state index contributed by atoms with van der Waals surface area (Å²) in [6.45, 7) is 4.50. The van der Waals surface area contributed by atoms with E-state index in [1.807, 2.05) is 27.2 Å². The number of phosphoric ester groups is 1. The number of unbranched alkanes of at least 4 members (excludes halogenated alkanes) is 18. The van der Waals surface area contributed by atoms with Crippen molar-refractivity contribution in [2.45, 2.75) is 219 Å². The number of nitrogens with one attached hydrogen (secondary N) is 1. The van der Waals surface area contributed by atoms with Crippen molar-refractivity contribution in [3.63, 3.8) is 0 Å². The van der Waals surface area contributed by atoms with Gasteiger partial charge in [0.05, 0.1) is 39.9 Å². The summed E-state index contributed by atoms with van der Waals surface area (Å²) in [5, 5.41) is 13.8. The minimum atomic E-state index is -4.61. The minimum Gasteiger partial charge on any atom is -0.756 e. The molecule has 0 aliphatic rings. The summed E-state index contributed by atoms with van der Waals surface area (Å²) in [4.78, 5) is 25.4. The molecule has 0 aromatic heterocycles. The number of amides is 1. The van der Waals surface area contributed by atoms with Gasteiger partial charge in [-0.05, 0) is 89.9 Å². The Labute approximate surface area is 431 Å². The fourth-order valence-corrected chi connectivity index (χ4v) is 8.04. The number of carbonyl (C=O) groups excluding carboxylic acids is 1. The van der Waals surface area contributed by atoms with E-state index < -0.39 is 26.6 Å². The van der Waals surface area contributed by atoms with Gasteiger partial charge in [0.2, 0.25) is 5.91 Å². The van der Waals surface area contributed by atoms with Gasteiger partial charge in [0.25, 0.3) is 7.82 Å². The molecule has 8 nitrogen and oxygen atoms in total. The van der Waals surface area contributed by atoms with Crippen LogP contribution in [0.2, 0.25) is 0 Å². The smallest absolute Gasteiger partial charge is 0.268 e. The summed E-state index contributed by atoms with van der Waals surface area (Å²) in [7, 11) is 1.23. The zero-order valence-corrected chi connectivity index (χ0v) is 46.3. The number of allylic oxidation sites excluding steroid dienone is 19. The number of aliphatic hydroxyl groups excluding tert-OH is 1. The lowest BCUT2D eigenvalue weighted by Gasteiger charge is -2.29. The largest absolute Gasteiger partial charge is 0.756 e. The number of likely N-dealkylation sites (N-methyl/N-ethyl adjacent to an activating group) is 1. The number of quaternary nitrogens is 1. The van der Waals surface area contributed by atoms with Gasteiger partial charge < -0.3 is 28.8 Å². The third kappa shape index (κ3) is 52.7. The first-order valence-electron chi connectivity index (χ1n) is 27.9. The lowest BCUT2D eigenvalue weighted by molar-refractivity contribution is -0.870. The van der Waals surface area contributed by atoms with Crippen LogP contribution in [0.3, 0.4) is 0 Å². The van der Waals surface area contributed by atoms with Crippen molar-refractivity contribution in [2.24, 2.45) is 0 Å². The van der Waals surface area contributed by atoms with E-state index in [4.69, 9.17) is 9.05 Å². The van der Waals surface area contributed by atoms with Gasteiger partial charge in [0, 0.05) is 6.42 Å². The number of phosphoric acid groups is 1. The second kappa shape index (κ2) is 50.8. The van der Waals surface area contributed by atoms with Crippen molar-refractivity contribution in [3.8, 4) is 0 Å². The molecule has 0 saturated carbocycles. The monoisotopic (exact) mass is 993 g/mol. The standard InChI is InChI=1S/C61H105N2O6P/c1-6-8-10-12-14-16-18-20-22-23-24-25-26-27-28-29-30-31-32-33-34-35-36-37-38-39-41-43-45-47-49-51-53-55-61(65)62-59(58-69-70(66,67)68-57-56-63(3,4)5)60(64)54-52-50-48-46-44-42-40-21-19-17-15-13-11-9-7-2/h8,10,14,16,20,22,24-25,27-28,30-31,33-34,36-37,39,41,52,54,59-60,64H,6-7,9,11-13,15,17-19,21,23,26,29,32,35,38,40,42-51,53,55-58H2,1-5H3,(H-,62,65,66,67)/b10-8-,16-14-,22-20-,25-24-,28-27-,31-30-,34-33-,37-36-,41-39-,54-52+. The summed E-state index contributed by atoms with van der Waals surface area (Å²) >= 11 is 0. The molecular weight excluding hydrogens is 888 g/mol. The van der Waals surface area contributed by atoms with Gasteiger partial charge in [-0.3, -0.25) is 9.36 Å². The number of hydrogen-bond donors (Lipinski definition) is 2. The molecule has 0 aromatic carbocycles. The molecule has 3 atom stereocenters. The van der Waals surface area contributed by atoms with E-state index in [9.17, 15) is 19.4 Å². The maximum Gasteiger partial charge on any atom is 0.268 e. The van der Waals surface area contributed by atoms with Crippen LogP contribution in [0.5, 0.6) is 0 Å². The predicted octanol–water partition coefficient (Wildman–Crippen LogP) is 16.3. The van der Waals surface area contributed by atoms with Crippen LogP contribution in [0.1, 0.15) is 206 Å². The number of hydrogen-bond acceptors (Lipinski definition) is 6. The Morgan fingerprint density at radius 3 is 1.27 bits per heavy atom. The molecule has 0 saturated heterocycles. The molecule has 2 N–H and O–H groups in total. The van der Waals surface area contributed by atoms with Gasteiger partial charge in [-0.1, -0.05) is 232 Å². The normalized spacial score (nSPS) is 14.9. The molecule has 0 bridgehead atoms. The second-order valence-corrected chi connectivity index (χ2v) is 21.0.